The third-order valence-electron chi connectivity index (χ3n) is 8.07. The number of anilines is 1. The Hall–Kier alpha value is -3.14. The van der Waals surface area contributed by atoms with Crippen LogP contribution in [-0.2, 0) is 11.3 Å². The Morgan fingerprint density at radius 2 is 1.77 bits per heavy atom. The molecule has 0 amide bonds. The molecule has 0 radical (unpaired) electrons. The first-order chi connectivity index (χ1) is 19.0. The lowest BCUT2D eigenvalue weighted by atomic mass is 9.98. The molecule has 4 heterocycles. The molecule has 1 saturated carbocycles. The molecule has 8 nitrogen and oxygen atoms in total. The lowest BCUT2D eigenvalue weighted by Crippen LogP contribution is -2.45. The highest BCUT2D eigenvalue weighted by Gasteiger charge is 2.42. The monoisotopic (exact) mass is 570 g/mol. The Labute approximate surface area is 233 Å². The standard InChI is InChI=1S/C28H25Cl2FN4O4/c29-21-2-1-3-22(30)24(21)25-20(26(38-33-25)14-4-5-14)13-37-18-10-15-6-7-16(11-18)35(15)17-8-9-19(23(31)12-17)27-32-28(36)39-34-27/h1-3,8-9,12,14-16,18H,4-7,10-11,13H2,(H,32,34,36)/t15-,16?,18+/m1/s1. The van der Waals surface area contributed by atoms with Gasteiger partial charge in [-0.25, -0.2) is 9.18 Å². The van der Waals surface area contributed by atoms with Gasteiger partial charge in [-0.2, -0.15) is 0 Å². The largest absolute Gasteiger partial charge is 0.439 e. The van der Waals surface area contributed by atoms with Gasteiger partial charge in [0.15, 0.2) is 5.82 Å². The second-order valence-corrected chi connectivity index (χ2v) is 11.4. The van der Waals surface area contributed by atoms with E-state index in [1.807, 2.05) is 12.1 Å². The number of nitrogens with one attached hydrogen (secondary N) is 1. The normalized spacial score (nSPS) is 22.5. The molecule has 2 aliphatic heterocycles. The highest BCUT2D eigenvalue weighted by atomic mass is 35.5. The van der Waals surface area contributed by atoms with E-state index < -0.39 is 11.6 Å². The zero-order chi connectivity index (χ0) is 26.7. The Morgan fingerprint density at radius 3 is 2.41 bits per heavy atom. The third-order valence-corrected chi connectivity index (χ3v) is 8.70. The van der Waals surface area contributed by atoms with Gasteiger partial charge in [0.1, 0.15) is 17.3 Å². The zero-order valence-corrected chi connectivity index (χ0v) is 22.3. The van der Waals surface area contributed by atoms with E-state index in [9.17, 15) is 9.18 Å². The number of benzene rings is 2. The predicted octanol–water partition coefficient (Wildman–Crippen LogP) is 6.72. The molecule has 2 bridgehead atoms. The van der Waals surface area contributed by atoms with Gasteiger partial charge in [0.05, 0.1) is 28.3 Å². The van der Waals surface area contributed by atoms with Crippen molar-refractivity contribution in [1.29, 1.82) is 0 Å². The van der Waals surface area contributed by atoms with E-state index in [4.69, 9.17) is 32.5 Å². The van der Waals surface area contributed by atoms with Gasteiger partial charge in [0, 0.05) is 34.8 Å². The number of fused-ring (bicyclic) bond motifs is 2. The quantitative estimate of drug-likeness (QED) is 0.263. The van der Waals surface area contributed by atoms with Crippen molar-refractivity contribution in [3.63, 3.8) is 0 Å². The van der Waals surface area contributed by atoms with Gasteiger partial charge >= 0.3 is 5.76 Å². The van der Waals surface area contributed by atoms with E-state index in [-0.39, 0.29) is 29.6 Å². The van der Waals surface area contributed by atoms with Crippen LogP contribution in [0.2, 0.25) is 10.0 Å². The van der Waals surface area contributed by atoms with Gasteiger partial charge in [-0.3, -0.25) is 9.51 Å². The van der Waals surface area contributed by atoms with Crippen LogP contribution >= 0.6 is 23.2 Å². The van der Waals surface area contributed by atoms with Crippen LogP contribution in [0.1, 0.15) is 55.8 Å². The first kappa shape index (κ1) is 24.9. The van der Waals surface area contributed by atoms with E-state index in [2.05, 4.69) is 24.7 Å². The first-order valence-corrected chi connectivity index (χ1v) is 13.9. The molecular formula is C28H25Cl2FN4O4. The number of rotatable bonds is 7. The number of hydrogen-bond donors (Lipinski definition) is 1. The van der Waals surface area contributed by atoms with Crippen molar-refractivity contribution in [2.75, 3.05) is 4.90 Å². The Bertz CT molecular complexity index is 1560. The molecule has 7 rings (SSSR count). The number of aromatic amines is 1. The molecular weight excluding hydrogens is 546 g/mol. The summed E-state index contributed by atoms with van der Waals surface area (Å²) in [6, 6.07) is 10.9. The van der Waals surface area contributed by atoms with E-state index in [0.29, 0.717) is 33.8 Å². The van der Waals surface area contributed by atoms with Crippen molar-refractivity contribution in [2.24, 2.45) is 0 Å². The molecule has 2 saturated heterocycles. The number of halogens is 3. The van der Waals surface area contributed by atoms with Crippen molar-refractivity contribution in [2.45, 2.75) is 69.2 Å². The maximum Gasteiger partial charge on any atom is 0.439 e. The first-order valence-electron chi connectivity index (χ1n) is 13.1. The third kappa shape index (κ3) is 4.56. The summed E-state index contributed by atoms with van der Waals surface area (Å²) in [4.78, 5) is 16.0. The van der Waals surface area contributed by atoms with Crippen LogP contribution in [0, 0.1) is 5.82 Å². The average Bonchev–Trinajstić information content (AvgIpc) is 3.44. The van der Waals surface area contributed by atoms with Crippen molar-refractivity contribution in [3.8, 4) is 22.6 Å². The highest BCUT2D eigenvalue weighted by Crippen LogP contribution is 2.47. The highest BCUT2D eigenvalue weighted by molar-refractivity contribution is 6.39. The Balaban J connectivity index is 1.08. The van der Waals surface area contributed by atoms with Crippen LogP contribution in [0.15, 0.2) is 50.2 Å². The Morgan fingerprint density at radius 1 is 1.03 bits per heavy atom. The topological polar surface area (TPSA) is 97.4 Å². The van der Waals surface area contributed by atoms with Gasteiger partial charge in [-0.1, -0.05) is 39.6 Å². The minimum atomic E-state index is -0.717. The summed E-state index contributed by atoms with van der Waals surface area (Å²) in [6.07, 6.45) is 5.91. The molecule has 2 aromatic carbocycles. The number of nitrogens with zero attached hydrogens (tertiary/aromatic N) is 3. The molecule has 4 aromatic rings. The number of hydrogen-bond acceptors (Lipinski definition) is 7. The van der Waals surface area contributed by atoms with Crippen LogP contribution in [0.25, 0.3) is 22.6 Å². The fourth-order valence-electron chi connectivity index (χ4n) is 6.14. The molecule has 3 atom stereocenters. The van der Waals surface area contributed by atoms with Crippen molar-refractivity contribution >= 4 is 28.9 Å². The summed E-state index contributed by atoms with van der Waals surface area (Å²) in [5.74, 6) is 0.130. The van der Waals surface area contributed by atoms with Gasteiger partial charge in [0.25, 0.3) is 0 Å². The second kappa shape index (κ2) is 9.80. The summed E-state index contributed by atoms with van der Waals surface area (Å²) < 4.78 is 31.8. The lowest BCUT2D eigenvalue weighted by Gasteiger charge is -2.40. The smallest absolute Gasteiger partial charge is 0.373 e. The zero-order valence-electron chi connectivity index (χ0n) is 20.8. The molecule has 11 heteroatoms. The SMILES string of the molecule is O=c1[nH]c(-c2ccc(N3C4CC[C@@H]3C[C@H](OCc3c(-c5c(Cl)cccc5Cl)noc3C3CC3)C4)cc2F)no1. The van der Waals surface area contributed by atoms with Crippen LogP contribution in [0.3, 0.4) is 0 Å². The maximum absolute atomic E-state index is 15.0. The van der Waals surface area contributed by atoms with Gasteiger partial charge in [-0.15, -0.1) is 0 Å². The minimum absolute atomic E-state index is 0.0552. The summed E-state index contributed by atoms with van der Waals surface area (Å²) in [5, 5.41) is 9.02. The van der Waals surface area contributed by atoms with Crippen LogP contribution < -0.4 is 10.7 Å². The van der Waals surface area contributed by atoms with Crippen LogP contribution in [0.4, 0.5) is 10.1 Å². The van der Waals surface area contributed by atoms with E-state index in [1.165, 1.54) is 6.07 Å². The molecule has 39 heavy (non-hydrogen) atoms. The molecule has 3 aliphatic rings. The van der Waals surface area contributed by atoms with Crippen LogP contribution in [0.5, 0.6) is 0 Å². The lowest BCUT2D eigenvalue weighted by molar-refractivity contribution is 0.0147. The number of ether oxygens (including phenoxy) is 1. The van der Waals surface area contributed by atoms with Gasteiger partial charge in [0.2, 0.25) is 0 Å². The number of aromatic nitrogens is 3. The molecule has 1 N–H and O–H groups in total. The van der Waals surface area contributed by atoms with Gasteiger partial charge in [-0.05, 0) is 68.9 Å². The van der Waals surface area contributed by atoms with Crippen molar-refractivity contribution < 1.29 is 18.2 Å². The van der Waals surface area contributed by atoms with E-state index >= 15 is 0 Å². The molecule has 1 unspecified atom stereocenters. The summed E-state index contributed by atoms with van der Waals surface area (Å²) in [6.45, 7) is 0.371. The summed E-state index contributed by atoms with van der Waals surface area (Å²) in [5.41, 5.74) is 3.26. The molecule has 0 spiro atoms. The summed E-state index contributed by atoms with van der Waals surface area (Å²) >= 11 is 13.0. The van der Waals surface area contributed by atoms with Crippen molar-refractivity contribution in [3.05, 3.63) is 74.1 Å². The second-order valence-electron chi connectivity index (χ2n) is 10.5. The molecule has 202 valence electrons. The summed E-state index contributed by atoms with van der Waals surface area (Å²) in [7, 11) is 0. The molecule has 1 aliphatic carbocycles. The van der Waals surface area contributed by atoms with Gasteiger partial charge < -0.3 is 14.2 Å². The van der Waals surface area contributed by atoms with Crippen molar-refractivity contribution in [1.82, 2.24) is 15.3 Å². The number of piperidine rings is 1. The number of H-pyrrole nitrogens is 1. The molecule has 3 fully saturated rings. The Kier molecular flexibility index (Phi) is 6.25. The predicted molar refractivity (Wildman–Crippen MR) is 144 cm³/mol. The fourth-order valence-corrected chi connectivity index (χ4v) is 6.71. The fraction of sp³-hybridized carbons (Fsp3) is 0.393. The average molecular weight is 571 g/mol. The van der Waals surface area contributed by atoms with E-state index in [0.717, 1.165) is 55.5 Å². The molecule has 2 aromatic heterocycles. The maximum atomic E-state index is 15.0. The minimum Gasteiger partial charge on any atom is -0.373 e. The van der Waals surface area contributed by atoms with E-state index in [1.54, 1.807) is 18.2 Å². The van der Waals surface area contributed by atoms with Crippen LogP contribution in [-0.4, -0.2) is 33.5 Å².